The zero-order valence-corrected chi connectivity index (χ0v) is 13.9. The van der Waals surface area contributed by atoms with Crippen LogP contribution >= 0.6 is 34.5 Å². The van der Waals surface area contributed by atoms with Crippen LogP contribution in [0.25, 0.3) is 0 Å². The first kappa shape index (κ1) is 15.7. The molecule has 1 aromatic heterocycles. The van der Waals surface area contributed by atoms with E-state index in [9.17, 15) is 8.42 Å². The SMILES string of the molecule is CC(c1ccccc1Cl)N(C)S(=O)(=O)c1cnc(Cl)s1. The maximum atomic E-state index is 12.5. The number of rotatable bonds is 4. The molecule has 0 amide bonds. The molecule has 0 aliphatic carbocycles. The number of halogens is 2. The fourth-order valence-corrected chi connectivity index (χ4v) is 4.83. The van der Waals surface area contributed by atoms with Crippen LogP contribution in [0.4, 0.5) is 0 Å². The Kier molecular flexibility index (Phi) is 4.71. The molecule has 0 spiro atoms. The van der Waals surface area contributed by atoms with E-state index in [0.29, 0.717) is 5.02 Å². The molecule has 0 saturated heterocycles. The number of thiazole rings is 1. The van der Waals surface area contributed by atoms with Gasteiger partial charge in [-0.15, -0.1) is 0 Å². The Bertz CT molecular complexity index is 716. The van der Waals surface area contributed by atoms with E-state index in [1.54, 1.807) is 25.1 Å². The summed E-state index contributed by atoms with van der Waals surface area (Å²) in [5.41, 5.74) is 0.746. The van der Waals surface area contributed by atoms with Crippen LogP contribution in [0.2, 0.25) is 9.49 Å². The van der Waals surface area contributed by atoms with Crippen molar-refractivity contribution in [3.05, 3.63) is 45.5 Å². The fraction of sp³-hybridized carbons (Fsp3) is 0.250. The van der Waals surface area contributed by atoms with Gasteiger partial charge in [-0.05, 0) is 18.6 Å². The van der Waals surface area contributed by atoms with Crippen LogP contribution in [0, 0.1) is 0 Å². The molecule has 0 N–H and O–H groups in total. The third kappa shape index (κ3) is 2.99. The van der Waals surface area contributed by atoms with Gasteiger partial charge in [0, 0.05) is 18.1 Å². The zero-order valence-electron chi connectivity index (χ0n) is 10.7. The summed E-state index contributed by atoms with van der Waals surface area (Å²) in [6, 6.07) is 6.77. The smallest absolute Gasteiger partial charge is 0.232 e. The molecule has 0 radical (unpaired) electrons. The highest BCUT2D eigenvalue weighted by atomic mass is 35.5. The molecule has 8 heteroatoms. The van der Waals surface area contributed by atoms with Crippen LogP contribution in [0.15, 0.2) is 34.7 Å². The summed E-state index contributed by atoms with van der Waals surface area (Å²) in [6.07, 6.45) is 1.26. The van der Waals surface area contributed by atoms with E-state index in [4.69, 9.17) is 23.2 Å². The van der Waals surface area contributed by atoms with Crippen LogP contribution in [0.1, 0.15) is 18.5 Å². The Morgan fingerprint density at radius 1 is 1.30 bits per heavy atom. The van der Waals surface area contributed by atoms with Crippen molar-refractivity contribution in [2.45, 2.75) is 17.2 Å². The third-order valence-corrected chi connectivity index (χ3v) is 6.81. The van der Waals surface area contributed by atoms with E-state index in [1.165, 1.54) is 17.5 Å². The molecule has 0 fully saturated rings. The predicted octanol–water partition coefficient (Wildman–Crippen LogP) is 3.83. The second-order valence-electron chi connectivity index (χ2n) is 4.15. The minimum atomic E-state index is -3.64. The summed E-state index contributed by atoms with van der Waals surface area (Å²) in [7, 11) is -2.13. The lowest BCUT2D eigenvalue weighted by Gasteiger charge is -2.24. The zero-order chi connectivity index (χ0) is 14.9. The van der Waals surface area contributed by atoms with Crippen molar-refractivity contribution in [3.63, 3.8) is 0 Å². The molecule has 2 rings (SSSR count). The molecule has 20 heavy (non-hydrogen) atoms. The number of hydrogen-bond donors (Lipinski definition) is 0. The first-order valence-electron chi connectivity index (χ1n) is 5.68. The quantitative estimate of drug-likeness (QED) is 0.841. The highest BCUT2D eigenvalue weighted by Gasteiger charge is 2.29. The lowest BCUT2D eigenvalue weighted by molar-refractivity contribution is 0.399. The minimum absolute atomic E-state index is 0.115. The van der Waals surface area contributed by atoms with Crippen LogP contribution in [0.3, 0.4) is 0 Å². The van der Waals surface area contributed by atoms with Crippen molar-refractivity contribution in [1.82, 2.24) is 9.29 Å². The van der Waals surface area contributed by atoms with Gasteiger partial charge in [-0.25, -0.2) is 13.4 Å². The normalized spacial score (nSPS) is 13.7. The van der Waals surface area contributed by atoms with Gasteiger partial charge in [-0.2, -0.15) is 4.31 Å². The summed E-state index contributed by atoms with van der Waals surface area (Å²) < 4.78 is 26.5. The van der Waals surface area contributed by atoms with Crippen LogP contribution < -0.4 is 0 Å². The second kappa shape index (κ2) is 5.99. The summed E-state index contributed by atoms with van der Waals surface area (Å²) in [4.78, 5) is 3.77. The van der Waals surface area contributed by atoms with E-state index in [2.05, 4.69) is 4.98 Å². The van der Waals surface area contributed by atoms with Crippen LogP contribution in [-0.2, 0) is 10.0 Å². The number of sulfonamides is 1. The third-order valence-electron chi connectivity index (χ3n) is 2.99. The topological polar surface area (TPSA) is 50.3 Å². The molecule has 0 saturated carbocycles. The Hall–Kier alpha value is -0.660. The Morgan fingerprint density at radius 2 is 1.95 bits per heavy atom. The average molecular weight is 351 g/mol. The Labute approximate surface area is 132 Å². The van der Waals surface area contributed by atoms with Gasteiger partial charge in [-0.3, -0.25) is 0 Å². The predicted molar refractivity (Wildman–Crippen MR) is 81.9 cm³/mol. The van der Waals surface area contributed by atoms with E-state index in [1.807, 2.05) is 6.07 Å². The fourth-order valence-electron chi connectivity index (χ4n) is 1.72. The van der Waals surface area contributed by atoms with Gasteiger partial charge in [-0.1, -0.05) is 52.7 Å². The number of hydrogen-bond acceptors (Lipinski definition) is 4. The van der Waals surface area contributed by atoms with Crippen molar-refractivity contribution in [2.24, 2.45) is 0 Å². The molecule has 108 valence electrons. The highest BCUT2D eigenvalue weighted by Crippen LogP contribution is 2.32. The minimum Gasteiger partial charge on any atom is -0.232 e. The number of nitrogens with zero attached hydrogens (tertiary/aromatic N) is 2. The van der Waals surface area contributed by atoms with Crippen molar-refractivity contribution in [1.29, 1.82) is 0 Å². The van der Waals surface area contributed by atoms with E-state index in [0.717, 1.165) is 16.9 Å². The number of benzene rings is 1. The lowest BCUT2D eigenvalue weighted by Crippen LogP contribution is -2.29. The lowest BCUT2D eigenvalue weighted by atomic mass is 10.1. The van der Waals surface area contributed by atoms with Crippen molar-refractivity contribution < 1.29 is 8.42 Å². The van der Waals surface area contributed by atoms with Crippen LogP contribution in [-0.4, -0.2) is 24.8 Å². The standard InChI is InChI=1S/C12H12Cl2N2O2S2/c1-8(9-5-3-4-6-10(9)13)16(2)20(17,18)11-7-15-12(14)19-11/h3-8H,1-2H3. The summed E-state index contributed by atoms with van der Waals surface area (Å²) in [5.74, 6) is 0. The van der Waals surface area contributed by atoms with Crippen molar-refractivity contribution in [3.8, 4) is 0 Å². The molecule has 0 aliphatic rings. The molecule has 1 unspecified atom stereocenters. The van der Waals surface area contributed by atoms with E-state index >= 15 is 0 Å². The summed E-state index contributed by atoms with van der Waals surface area (Å²) in [5, 5.41) is 0.532. The molecule has 0 bridgehead atoms. The Balaban J connectivity index is 2.36. The highest BCUT2D eigenvalue weighted by molar-refractivity contribution is 7.91. The molecule has 1 heterocycles. The van der Waals surface area contributed by atoms with Crippen molar-refractivity contribution >= 4 is 44.6 Å². The summed E-state index contributed by atoms with van der Waals surface area (Å²) >= 11 is 12.7. The summed E-state index contributed by atoms with van der Waals surface area (Å²) in [6.45, 7) is 1.78. The van der Waals surface area contributed by atoms with Gasteiger partial charge in [0.1, 0.15) is 0 Å². The van der Waals surface area contributed by atoms with Gasteiger partial charge in [0.05, 0.1) is 6.20 Å². The first-order valence-corrected chi connectivity index (χ1v) is 8.69. The maximum absolute atomic E-state index is 12.5. The maximum Gasteiger partial charge on any atom is 0.254 e. The molecule has 1 atom stereocenters. The molecule has 4 nitrogen and oxygen atoms in total. The van der Waals surface area contributed by atoms with Gasteiger partial charge in [0.15, 0.2) is 8.68 Å². The largest absolute Gasteiger partial charge is 0.254 e. The number of aromatic nitrogens is 1. The van der Waals surface area contributed by atoms with E-state index < -0.39 is 16.1 Å². The second-order valence-corrected chi connectivity index (χ2v) is 8.40. The van der Waals surface area contributed by atoms with Gasteiger partial charge < -0.3 is 0 Å². The molecule has 0 aliphatic heterocycles. The van der Waals surface area contributed by atoms with Gasteiger partial charge in [0.25, 0.3) is 10.0 Å². The first-order chi connectivity index (χ1) is 9.34. The molecule has 1 aromatic carbocycles. The monoisotopic (exact) mass is 350 g/mol. The molecular formula is C12H12Cl2N2O2S2. The van der Waals surface area contributed by atoms with Crippen molar-refractivity contribution in [2.75, 3.05) is 7.05 Å². The molecular weight excluding hydrogens is 339 g/mol. The van der Waals surface area contributed by atoms with Gasteiger partial charge in [0.2, 0.25) is 0 Å². The van der Waals surface area contributed by atoms with Crippen LogP contribution in [0.5, 0.6) is 0 Å². The van der Waals surface area contributed by atoms with E-state index in [-0.39, 0.29) is 8.68 Å². The average Bonchev–Trinajstić information content (AvgIpc) is 2.85. The van der Waals surface area contributed by atoms with Gasteiger partial charge >= 0.3 is 0 Å². The molecule has 2 aromatic rings. The Morgan fingerprint density at radius 3 is 2.50 bits per heavy atom.